The predicted molar refractivity (Wildman–Crippen MR) is 78.4 cm³/mol. The van der Waals surface area contributed by atoms with Gasteiger partial charge in [-0.05, 0) is 62.6 Å². The normalized spacial score (nSPS) is 26.9. The highest BCUT2D eigenvalue weighted by atomic mass is 16.5. The second-order valence-electron chi connectivity index (χ2n) is 6.33. The van der Waals surface area contributed by atoms with Gasteiger partial charge in [0.05, 0.1) is 6.10 Å². The molecule has 0 amide bonds. The molecule has 0 bridgehead atoms. The monoisotopic (exact) mass is 259 g/mol. The second-order valence-corrected chi connectivity index (χ2v) is 6.33. The molecule has 104 valence electrons. The molecule has 19 heavy (non-hydrogen) atoms. The van der Waals surface area contributed by atoms with E-state index in [0.717, 1.165) is 19.1 Å². The van der Waals surface area contributed by atoms with Crippen LogP contribution in [0.2, 0.25) is 0 Å². The molecule has 2 aliphatic rings. The van der Waals surface area contributed by atoms with Crippen molar-refractivity contribution in [3.63, 3.8) is 0 Å². The van der Waals surface area contributed by atoms with Gasteiger partial charge in [-0.15, -0.1) is 0 Å². The fourth-order valence-electron chi connectivity index (χ4n) is 3.44. The van der Waals surface area contributed by atoms with Crippen LogP contribution < -0.4 is 5.32 Å². The summed E-state index contributed by atoms with van der Waals surface area (Å²) in [6, 6.07) is 5.13. The Morgan fingerprint density at radius 3 is 2.42 bits per heavy atom. The molecule has 1 aliphatic heterocycles. The average molecular weight is 259 g/mol. The predicted octanol–water partition coefficient (Wildman–Crippen LogP) is 3.27. The van der Waals surface area contributed by atoms with Gasteiger partial charge in [0.1, 0.15) is 0 Å². The molecule has 2 atom stereocenters. The van der Waals surface area contributed by atoms with E-state index in [9.17, 15) is 0 Å². The Bertz CT molecular complexity index is 441. The van der Waals surface area contributed by atoms with Gasteiger partial charge >= 0.3 is 0 Å². The Morgan fingerprint density at radius 2 is 1.79 bits per heavy atom. The Kier molecular flexibility index (Phi) is 3.64. The summed E-state index contributed by atoms with van der Waals surface area (Å²) in [4.78, 5) is 0. The van der Waals surface area contributed by atoms with Crippen LogP contribution in [-0.4, -0.2) is 18.8 Å². The average Bonchev–Trinajstić information content (AvgIpc) is 3.08. The van der Waals surface area contributed by atoms with Gasteiger partial charge in [0, 0.05) is 19.2 Å². The lowest BCUT2D eigenvalue weighted by molar-refractivity contribution is 0.0808. The van der Waals surface area contributed by atoms with Crippen molar-refractivity contribution in [2.24, 2.45) is 5.92 Å². The van der Waals surface area contributed by atoms with E-state index in [1.54, 1.807) is 0 Å². The summed E-state index contributed by atoms with van der Waals surface area (Å²) < 4.78 is 5.90. The maximum Gasteiger partial charge on any atom is 0.0757 e. The molecule has 1 aromatic carbocycles. The van der Waals surface area contributed by atoms with Crippen LogP contribution in [0.4, 0.5) is 0 Å². The molecule has 2 unspecified atom stereocenters. The van der Waals surface area contributed by atoms with Gasteiger partial charge in [-0.3, -0.25) is 0 Å². The van der Waals surface area contributed by atoms with Gasteiger partial charge in [-0.1, -0.05) is 17.7 Å². The van der Waals surface area contributed by atoms with E-state index in [2.05, 4.69) is 38.2 Å². The fourth-order valence-corrected chi connectivity index (χ4v) is 3.44. The molecule has 1 aliphatic carbocycles. The van der Waals surface area contributed by atoms with Crippen LogP contribution in [0.1, 0.15) is 41.5 Å². The van der Waals surface area contributed by atoms with Gasteiger partial charge in [-0.25, -0.2) is 0 Å². The summed E-state index contributed by atoms with van der Waals surface area (Å²) in [6.45, 7) is 8.53. The summed E-state index contributed by atoms with van der Waals surface area (Å²) in [6.07, 6.45) is 4.38. The van der Waals surface area contributed by atoms with Gasteiger partial charge in [0.25, 0.3) is 0 Å². The molecule has 1 N–H and O–H groups in total. The van der Waals surface area contributed by atoms with Crippen molar-refractivity contribution in [3.05, 3.63) is 34.4 Å². The fraction of sp³-hybridized carbons (Fsp3) is 0.647. The zero-order valence-electron chi connectivity index (χ0n) is 12.3. The van der Waals surface area contributed by atoms with Crippen LogP contribution >= 0.6 is 0 Å². The van der Waals surface area contributed by atoms with E-state index in [4.69, 9.17) is 4.74 Å². The molecule has 3 rings (SSSR count). The lowest BCUT2D eigenvalue weighted by atomic mass is 9.99. The maximum absolute atomic E-state index is 5.90. The van der Waals surface area contributed by atoms with Crippen LogP contribution in [0.5, 0.6) is 0 Å². The topological polar surface area (TPSA) is 21.3 Å². The summed E-state index contributed by atoms with van der Waals surface area (Å²) in [5.74, 6) is 0.834. The number of ether oxygens (including phenoxy) is 1. The summed E-state index contributed by atoms with van der Waals surface area (Å²) in [5, 5.41) is 3.75. The third kappa shape index (κ3) is 2.85. The molecule has 1 aromatic rings. The number of aryl methyl sites for hydroxylation is 3. The minimum atomic E-state index is 0.478. The van der Waals surface area contributed by atoms with Crippen molar-refractivity contribution in [2.75, 3.05) is 6.61 Å². The summed E-state index contributed by atoms with van der Waals surface area (Å²) in [7, 11) is 0. The van der Waals surface area contributed by atoms with Crippen molar-refractivity contribution < 1.29 is 4.74 Å². The SMILES string of the molecule is Cc1cc(C)c(CNC2CCOC2C2CC2)c(C)c1. The minimum absolute atomic E-state index is 0.478. The van der Waals surface area contributed by atoms with E-state index in [-0.39, 0.29) is 0 Å². The maximum atomic E-state index is 5.90. The molecule has 2 fully saturated rings. The van der Waals surface area contributed by atoms with Crippen molar-refractivity contribution >= 4 is 0 Å². The Labute approximate surface area is 116 Å². The van der Waals surface area contributed by atoms with Crippen LogP contribution in [0.15, 0.2) is 12.1 Å². The Balaban J connectivity index is 1.65. The Hall–Kier alpha value is -0.860. The minimum Gasteiger partial charge on any atom is -0.376 e. The van der Waals surface area contributed by atoms with Crippen LogP contribution in [0, 0.1) is 26.7 Å². The molecule has 0 spiro atoms. The third-order valence-electron chi connectivity index (χ3n) is 4.60. The molecule has 1 heterocycles. The van der Waals surface area contributed by atoms with Gasteiger partial charge in [-0.2, -0.15) is 0 Å². The van der Waals surface area contributed by atoms with E-state index in [0.29, 0.717) is 12.1 Å². The largest absolute Gasteiger partial charge is 0.376 e. The zero-order valence-corrected chi connectivity index (χ0v) is 12.3. The van der Waals surface area contributed by atoms with Crippen LogP contribution in [0.25, 0.3) is 0 Å². The standard InChI is InChI=1S/C17H25NO/c1-11-8-12(2)15(13(3)9-11)10-18-16-6-7-19-17(16)14-4-5-14/h8-9,14,16-18H,4-7,10H2,1-3H3. The molecule has 0 aromatic heterocycles. The summed E-state index contributed by atoms with van der Waals surface area (Å²) >= 11 is 0. The second kappa shape index (κ2) is 5.26. The molecular weight excluding hydrogens is 234 g/mol. The lowest BCUT2D eigenvalue weighted by Gasteiger charge is -2.21. The van der Waals surface area contributed by atoms with Crippen LogP contribution in [-0.2, 0) is 11.3 Å². The Morgan fingerprint density at radius 1 is 1.11 bits per heavy atom. The highest BCUT2D eigenvalue weighted by Crippen LogP contribution is 2.38. The zero-order chi connectivity index (χ0) is 13.4. The molecule has 1 saturated carbocycles. The number of benzene rings is 1. The highest BCUT2D eigenvalue weighted by molar-refractivity contribution is 5.37. The smallest absolute Gasteiger partial charge is 0.0757 e. The quantitative estimate of drug-likeness (QED) is 0.896. The van der Waals surface area contributed by atoms with Gasteiger partial charge in [0.2, 0.25) is 0 Å². The third-order valence-corrected chi connectivity index (χ3v) is 4.60. The first-order valence-electron chi connectivity index (χ1n) is 7.57. The molecule has 2 nitrogen and oxygen atoms in total. The molecule has 2 heteroatoms. The summed E-state index contributed by atoms with van der Waals surface area (Å²) in [5.41, 5.74) is 5.64. The van der Waals surface area contributed by atoms with Crippen molar-refractivity contribution in [3.8, 4) is 0 Å². The first-order chi connectivity index (χ1) is 9.15. The molecule has 0 radical (unpaired) electrons. The number of hydrogen-bond acceptors (Lipinski definition) is 2. The van der Waals surface area contributed by atoms with E-state index in [1.807, 2.05) is 0 Å². The van der Waals surface area contributed by atoms with Crippen molar-refractivity contribution in [1.29, 1.82) is 0 Å². The lowest BCUT2D eigenvalue weighted by Crippen LogP contribution is -2.37. The number of nitrogens with one attached hydrogen (secondary N) is 1. The van der Waals surface area contributed by atoms with Gasteiger partial charge in [0.15, 0.2) is 0 Å². The first-order valence-corrected chi connectivity index (χ1v) is 7.57. The number of rotatable bonds is 4. The molecular formula is C17H25NO. The molecule has 1 saturated heterocycles. The van der Waals surface area contributed by atoms with Crippen LogP contribution in [0.3, 0.4) is 0 Å². The van der Waals surface area contributed by atoms with E-state index < -0.39 is 0 Å². The van der Waals surface area contributed by atoms with Crippen molar-refractivity contribution in [2.45, 2.75) is 58.7 Å². The van der Waals surface area contributed by atoms with Crippen molar-refractivity contribution in [1.82, 2.24) is 5.32 Å². The number of hydrogen-bond donors (Lipinski definition) is 1. The first kappa shape index (κ1) is 13.1. The van der Waals surface area contributed by atoms with Gasteiger partial charge < -0.3 is 10.1 Å². The van der Waals surface area contributed by atoms with E-state index in [1.165, 1.54) is 41.5 Å². The van der Waals surface area contributed by atoms with E-state index >= 15 is 0 Å². The highest BCUT2D eigenvalue weighted by Gasteiger charge is 2.40.